The van der Waals surface area contributed by atoms with Crippen LogP contribution in [0.3, 0.4) is 0 Å². The zero-order valence-corrected chi connectivity index (χ0v) is 17.0. The number of fused-ring (bicyclic) bond motifs is 1. The van der Waals surface area contributed by atoms with Crippen molar-refractivity contribution >= 4 is 11.9 Å². The van der Waals surface area contributed by atoms with Gasteiger partial charge in [-0.3, -0.25) is 9.59 Å². The number of hydrogen-bond acceptors (Lipinski definition) is 5. The molecule has 0 aromatic heterocycles. The highest BCUT2D eigenvalue weighted by Gasteiger charge is 2.42. The molecule has 0 aromatic carbocycles. The molecule has 0 aromatic rings. The van der Waals surface area contributed by atoms with Crippen LogP contribution < -0.4 is 0 Å². The lowest BCUT2D eigenvalue weighted by molar-refractivity contribution is -0.162. The zero-order chi connectivity index (χ0) is 30.6. The highest BCUT2D eigenvalue weighted by atomic mass is 16.5. The van der Waals surface area contributed by atoms with Crippen molar-refractivity contribution in [2.45, 2.75) is 84.4 Å². The highest BCUT2D eigenvalue weighted by Crippen LogP contribution is 2.45. The molecule has 0 spiro atoms. The van der Waals surface area contributed by atoms with Gasteiger partial charge in [-0.25, -0.2) is 0 Å². The van der Waals surface area contributed by atoms with Crippen LogP contribution in [0.4, 0.5) is 0 Å². The van der Waals surface area contributed by atoms with Gasteiger partial charge >= 0.3 is 11.9 Å². The van der Waals surface area contributed by atoms with E-state index in [1.54, 1.807) is 6.92 Å². The summed E-state index contributed by atoms with van der Waals surface area (Å²) in [6.45, 7) is 1.17. The van der Waals surface area contributed by atoms with Crippen LogP contribution in [0.2, 0.25) is 0 Å². The molecule has 29 heavy (non-hydrogen) atoms. The van der Waals surface area contributed by atoms with Crippen LogP contribution in [0.25, 0.3) is 0 Å². The van der Waals surface area contributed by atoms with Gasteiger partial charge < -0.3 is 14.6 Å². The van der Waals surface area contributed by atoms with Gasteiger partial charge in [-0.1, -0.05) is 45.8 Å². The molecule has 0 bridgehead atoms. The maximum absolute atomic E-state index is 13.0. The Morgan fingerprint density at radius 1 is 1.59 bits per heavy atom. The second-order valence-corrected chi connectivity index (χ2v) is 8.04. The Morgan fingerprint density at radius 3 is 3.14 bits per heavy atom. The van der Waals surface area contributed by atoms with Gasteiger partial charge in [-0.2, -0.15) is 0 Å². The molecule has 0 radical (unpaired) electrons. The van der Waals surface area contributed by atoms with E-state index in [1.165, 1.54) is 13.8 Å². The molecular weight excluding hydrogens is 368 g/mol. The van der Waals surface area contributed by atoms with Gasteiger partial charge in [0.2, 0.25) is 1.43 Å². The summed E-state index contributed by atoms with van der Waals surface area (Å²) in [6, 6.07) is -2.24. The molecule has 1 heterocycles. The lowest BCUT2D eigenvalue weighted by atomic mass is 9.65. The van der Waals surface area contributed by atoms with Gasteiger partial charge in [-0.15, -0.1) is 0 Å². The van der Waals surface area contributed by atoms with Crippen molar-refractivity contribution in [3.63, 3.8) is 0 Å². The van der Waals surface area contributed by atoms with Crippen LogP contribution in [-0.2, 0) is 19.1 Å². The fourth-order valence-electron chi connectivity index (χ4n) is 3.99. The molecular formula is C24H36O5. The molecule has 1 saturated heterocycles. The third-order valence-corrected chi connectivity index (χ3v) is 5.87. The zero-order valence-electron chi connectivity index (χ0n) is 28.0. The first-order valence-electron chi connectivity index (χ1n) is 15.6. The maximum atomic E-state index is 13.0. The SMILES string of the molecule is [2H]O[C@H]1CC(=O)OC(CC[C@@H]2[C@@H]3C(=C([2H])[C@]([2H])(C([2H])([2H])[2H])C([2H])([2H])[C@@H]3OC(=O)[C@@H](C)CC)C([2H])=C([2H])[C@]2([2H])C)C1. The number of ether oxygens (including phenoxy) is 2. The van der Waals surface area contributed by atoms with E-state index in [9.17, 15) is 9.59 Å². The summed E-state index contributed by atoms with van der Waals surface area (Å²) in [5.74, 6) is -9.74. The van der Waals surface area contributed by atoms with Crippen molar-refractivity contribution in [2.75, 3.05) is 0 Å². The summed E-state index contributed by atoms with van der Waals surface area (Å²) >= 11 is 0. The number of carbonyl (C=O) groups is 2. The molecule has 1 aliphatic heterocycles. The predicted octanol–water partition coefficient (Wildman–Crippen LogP) is 4.20. The largest absolute Gasteiger partial charge is 0.462 e. The first-order valence-corrected chi connectivity index (χ1v) is 10.2. The summed E-state index contributed by atoms with van der Waals surface area (Å²) in [7, 11) is 0. The van der Waals surface area contributed by atoms with Gasteiger partial charge in [-0.05, 0) is 48.9 Å². The molecule has 5 nitrogen and oxygen atoms in total. The number of cyclic esters (lactones) is 1. The fraction of sp³-hybridized carbons (Fsp3) is 0.750. The average Bonchev–Trinajstić information content (AvgIpc) is 2.86. The molecule has 0 amide bonds. The van der Waals surface area contributed by atoms with Gasteiger partial charge in [0.1, 0.15) is 12.2 Å². The standard InChI is InChI=1S/C24H36O5/c1-5-15(3)24(27)29-21-11-14(2)10-17-7-6-16(4)20(23(17)21)9-8-19-12-18(25)13-22(26)28-19/h6-7,10,14-16,18-21,23,25H,5,8-9,11-13H2,1-4H3/t14-,15-,16-,18+,19?,20-,21-,23-/m0/s1/i2D3,6D,7D,10D,11D2,14D,16D,25D. The minimum atomic E-state index is -3.41. The normalized spacial score (nSPS) is 51.6. The number of aliphatic hydroxyl groups excluding tert-OH is 1. The Morgan fingerprint density at radius 2 is 2.41 bits per heavy atom. The van der Waals surface area contributed by atoms with E-state index in [1.807, 2.05) is 0 Å². The van der Waals surface area contributed by atoms with Gasteiger partial charge in [0.05, 0.1) is 22.6 Å². The van der Waals surface area contributed by atoms with Crippen LogP contribution in [0.15, 0.2) is 23.7 Å². The molecule has 162 valence electrons. The summed E-state index contributed by atoms with van der Waals surface area (Å²) in [5, 5.41) is 4.57. The number of rotatable bonds is 7. The molecule has 5 heteroatoms. The topological polar surface area (TPSA) is 72.8 Å². The van der Waals surface area contributed by atoms with Crippen molar-refractivity contribution in [1.82, 2.24) is 0 Å². The number of aliphatic hydroxyl groups is 1. The Labute approximate surface area is 190 Å². The minimum Gasteiger partial charge on any atom is -0.462 e. The Hall–Kier alpha value is -1.62. The minimum absolute atomic E-state index is 0.0218. The van der Waals surface area contributed by atoms with E-state index in [0.717, 1.165) is 0 Å². The number of esters is 2. The van der Waals surface area contributed by atoms with Crippen LogP contribution in [0.1, 0.15) is 79.8 Å². The summed E-state index contributed by atoms with van der Waals surface area (Å²) < 4.78 is 104. The van der Waals surface area contributed by atoms with E-state index >= 15 is 0 Å². The number of hydrogen-bond donors (Lipinski definition) is 1. The molecule has 3 rings (SSSR count). The van der Waals surface area contributed by atoms with Crippen molar-refractivity contribution in [3.05, 3.63) is 23.7 Å². The molecule has 8 atom stereocenters. The Kier molecular flexibility index (Phi) is 3.81. The first kappa shape index (κ1) is 11.7. The summed E-state index contributed by atoms with van der Waals surface area (Å²) in [5.41, 5.74) is -0.407. The van der Waals surface area contributed by atoms with E-state index in [4.69, 9.17) is 24.6 Å². The lowest BCUT2D eigenvalue weighted by Crippen LogP contribution is -2.42. The third kappa shape index (κ3) is 5.30. The van der Waals surface area contributed by atoms with Gasteiger partial charge in [0.15, 0.2) is 0 Å². The molecule has 1 N–H and O–H groups in total. The van der Waals surface area contributed by atoms with Crippen LogP contribution in [-0.4, -0.2) is 36.8 Å². The van der Waals surface area contributed by atoms with Crippen LogP contribution in [0.5, 0.6) is 0 Å². The average molecular weight is 416 g/mol. The molecule has 3 aliphatic rings. The quantitative estimate of drug-likeness (QED) is 0.631. The second-order valence-electron chi connectivity index (χ2n) is 8.04. The molecule has 0 saturated carbocycles. The van der Waals surface area contributed by atoms with Gasteiger partial charge in [0, 0.05) is 21.9 Å². The third-order valence-electron chi connectivity index (χ3n) is 5.87. The summed E-state index contributed by atoms with van der Waals surface area (Å²) in [6.07, 6.45) is -6.09. The van der Waals surface area contributed by atoms with Crippen molar-refractivity contribution < 1.29 is 37.9 Å². The van der Waals surface area contributed by atoms with E-state index in [2.05, 4.69) is 5.11 Å². The van der Waals surface area contributed by atoms with Crippen molar-refractivity contribution in [1.29, 1.82) is 1.43 Å². The van der Waals surface area contributed by atoms with E-state index in [-0.39, 0.29) is 25.7 Å². The molecule has 1 unspecified atom stereocenters. The maximum Gasteiger partial charge on any atom is 0.308 e. The van der Waals surface area contributed by atoms with Crippen molar-refractivity contribution in [3.8, 4) is 0 Å². The van der Waals surface area contributed by atoms with E-state index in [0.29, 0.717) is 6.42 Å². The number of allylic oxidation sites excluding steroid dienone is 3. The number of carbonyl (C=O) groups excluding carboxylic acids is 2. The van der Waals surface area contributed by atoms with E-state index < -0.39 is 96.7 Å². The van der Waals surface area contributed by atoms with Crippen LogP contribution >= 0.6 is 0 Å². The molecule has 1 fully saturated rings. The fourth-order valence-corrected chi connectivity index (χ4v) is 3.99. The first-order chi connectivity index (χ1) is 18.3. The van der Waals surface area contributed by atoms with Crippen molar-refractivity contribution in [2.24, 2.45) is 29.5 Å². The summed E-state index contributed by atoms with van der Waals surface area (Å²) in [4.78, 5) is 25.0. The second kappa shape index (κ2) is 9.46. The highest BCUT2D eigenvalue weighted by molar-refractivity contribution is 5.72. The Bertz CT molecular complexity index is 1090. The molecule has 2 aliphatic carbocycles. The predicted molar refractivity (Wildman–Crippen MR) is 111 cm³/mol. The van der Waals surface area contributed by atoms with Crippen LogP contribution in [0, 0.1) is 29.5 Å². The smallest absolute Gasteiger partial charge is 0.308 e. The monoisotopic (exact) mass is 415 g/mol. The van der Waals surface area contributed by atoms with Gasteiger partial charge in [0.25, 0.3) is 0 Å². The lowest BCUT2D eigenvalue weighted by Gasteiger charge is -2.43. The Balaban J connectivity index is 2.21.